The Morgan fingerprint density at radius 1 is 0.306 bits per heavy atom. The number of aromatic nitrogens is 3. The minimum absolute atomic E-state index is 0.603. The number of hydrogen-bond donors (Lipinski definition) is 0. The van der Waals surface area contributed by atoms with Crippen molar-refractivity contribution in [3.05, 3.63) is 176 Å². The van der Waals surface area contributed by atoms with Crippen LogP contribution < -0.4 is 0 Å². The lowest BCUT2D eigenvalue weighted by Crippen LogP contribution is -2.00. The largest absolute Gasteiger partial charge is 0.456 e. The molecule has 49 heavy (non-hydrogen) atoms. The van der Waals surface area contributed by atoms with Crippen molar-refractivity contribution in [3.63, 3.8) is 0 Å². The van der Waals surface area contributed by atoms with Crippen molar-refractivity contribution in [2.75, 3.05) is 0 Å². The van der Waals surface area contributed by atoms with Crippen LogP contribution in [0, 0.1) is 0 Å². The Morgan fingerprint density at radius 3 is 1.47 bits per heavy atom. The van der Waals surface area contributed by atoms with Gasteiger partial charge in [0, 0.05) is 27.5 Å². The molecule has 0 saturated heterocycles. The molecule has 0 aliphatic heterocycles. The Balaban J connectivity index is 1.19. The van der Waals surface area contributed by atoms with Gasteiger partial charge in [0.05, 0.1) is 0 Å². The first-order chi connectivity index (χ1) is 24.3. The molecule has 230 valence electrons. The van der Waals surface area contributed by atoms with Gasteiger partial charge in [-0.25, -0.2) is 15.0 Å². The summed E-state index contributed by atoms with van der Waals surface area (Å²) in [6, 6.07) is 60.5. The van der Waals surface area contributed by atoms with Gasteiger partial charge in [0.15, 0.2) is 17.5 Å². The van der Waals surface area contributed by atoms with E-state index < -0.39 is 0 Å². The molecule has 0 radical (unpaired) electrons. The number of furan rings is 1. The molecule has 9 rings (SSSR count). The van der Waals surface area contributed by atoms with Crippen LogP contribution in [0.5, 0.6) is 0 Å². The molecule has 0 saturated carbocycles. The molecular weight excluding hydrogens is 599 g/mol. The van der Waals surface area contributed by atoms with Crippen LogP contribution in [0.1, 0.15) is 0 Å². The molecule has 4 nitrogen and oxygen atoms in total. The van der Waals surface area contributed by atoms with Crippen LogP contribution in [0.4, 0.5) is 0 Å². The molecule has 7 aromatic carbocycles. The fourth-order valence-corrected chi connectivity index (χ4v) is 6.59. The third-order valence-corrected chi connectivity index (χ3v) is 8.95. The van der Waals surface area contributed by atoms with Gasteiger partial charge in [-0.2, -0.15) is 0 Å². The van der Waals surface area contributed by atoms with Crippen LogP contribution in [-0.4, -0.2) is 15.0 Å². The van der Waals surface area contributed by atoms with Gasteiger partial charge in [0.2, 0.25) is 0 Å². The minimum Gasteiger partial charge on any atom is -0.456 e. The highest BCUT2D eigenvalue weighted by atomic mass is 16.3. The summed E-state index contributed by atoms with van der Waals surface area (Å²) < 4.78 is 6.42. The highest BCUT2D eigenvalue weighted by molar-refractivity contribution is 6.12. The summed E-state index contributed by atoms with van der Waals surface area (Å²) >= 11 is 0. The maximum Gasteiger partial charge on any atom is 0.164 e. The number of nitrogens with zero attached hydrogens (tertiary/aromatic N) is 3. The molecule has 9 aromatic rings. The van der Waals surface area contributed by atoms with Gasteiger partial charge in [0.25, 0.3) is 0 Å². The highest BCUT2D eigenvalue weighted by Crippen LogP contribution is 2.39. The zero-order valence-electron chi connectivity index (χ0n) is 26.5. The van der Waals surface area contributed by atoms with E-state index >= 15 is 0 Å². The molecule has 0 amide bonds. The second kappa shape index (κ2) is 12.2. The van der Waals surface area contributed by atoms with Crippen LogP contribution >= 0.6 is 0 Å². The fourth-order valence-electron chi connectivity index (χ4n) is 6.59. The molecular formula is C45H29N3O. The molecule has 2 aromatic heterocycles. The van der Waals surface area contributed by atoms with E-state index in [0.717, 1.165) is 49.8 Å². The van der Waals surface area contributed by atoms with Crippen molar-refractivity contribution in [1.29, 1.82) is 0 Å². The zero-order chi connectivity index (χ0) is 32.6. The third-order valence-electron chi connectivity index (χ3n) is 8.95. The molecule has 4 heteroatoms. The van der Waals surface area contributed by atoms with Crippen molar-refractivity contribution in [2.45, 2.75) is 0 Å². The number of fused-ring (bicyclic) bond motifs is 3. The van der Waals surface area contributed by atoms with E-state index in [1.165, 1.54) is 22.3 Å². The summed E-state index contributed by atoms with van der Waals surface area (Å²) in [5, 5.41) is 2.00. The van der Waals surface area contributed by atoms with Crippen LogP contribution in [0.3, 0.4) is 0 Å². The maximum atomic E-state index is 6.42. The van der Waals surface area contributed by atoms with E-state index in [2.05, 4.69) is 103 Å². The van der Waals surface area contributed by atoms with Gasteiger partial charge in [-0.1, -0.05) is 152 Å². The minimum atomic E-state index is 0.603. The first-order valence-electron chi connectivity index (χ1n) is 16.4. The standard InChI is InChI=1S/C45H29N3O/c1-4-14-30(15-5-1)36-22-10-11-23-37(36)35-21-12-20-33(28-35)34-26-27-40-39(29-34)42-38(24-13-25-41(42)49-40)45-47-43(31-16-6-2-7-17-31)46-44(48-45)32-18-8-3-9-19-32/h1-29H. The first-order valence-corrected chi connectivity index (χ1v) is 16.4. The second-order valence-corrected chi connectivity index (χ2v) is 12.0. The Hall–Kier alpha value is -6.65. The van der Waals surface area contributed by atoms with E-state index in [1.54, 1.807) is 0 Å². The van der Waals surface area contributed by atoms with Gasteiger partial charge < -0.3 is 4.42 Å². The van der Waals surface area contributed by atoms with E-state index in [4.69, 9.17) is 19.4 Å². The molecule has 2 heterocycles. The predicted octanol–water partition coefficient (Wildman–Crippen LogP) is 11.8. The predicted molar refractivity (Wildman–Crippen MR) is 200 cm³/mol. The van der Waals surface area contributed by atoms with E-state index in [-0.39, 0.29) is 0 Å². The van der Waals surface area contributed by atoms with Gasteiger partial charge in [-0.3, -0.25) is 0 Å². The SMILES string of the molecule is c1ccc(-c2nc(-c3ccccc3)nc(-c3cccc4oc5ccc(-c6cccc(-c7ccccc7-c7ccccc7)c6)cc5c34)n2)cc1. The first kappa shape index (κ1) is 28.6. The Labute approximate surface area is 284 Å². The number of rotatable bonds is 6. The Morgan fingerprint density at radius 2 is 0.796 bits per heavy atom. The monoisotopic (exact) mass is 627 g/mol. The van der Waals surface area contributed by atoms with Crippen LogP contribution in [0.2, 0.25) is 0 Å². The van der Waals surface area contributed by atoms with Crippen molar-refractivity contribution in [2.24, 2.45) is 0 Å². The van der Waals surface area contributed by atoms with E-state index in [9.17, 15) is 0 Å². The smallest absolute Gasteiger partial charge is 0.164 e. The molecule has 0 fully saturated rings. The summed E-state index contributed by atoms with van der Waals surface area (Å²) in [7, 11) is 0. The molecule has 0 aliphatic carbocycles. The van der Waals surface area contributed by atoms with Gasteiger partial charge in [-0.15, -0.1) is 0 Å². The molecule has 0 bridgehead atoms. The lowest BCUT2D eigenvalue weighted by atomic mass is 9.92. The van der Waals surface area contributed by atoms with Crippen molar-refractivity contribution in [3.8, 4) is 67.5 Å². The number of hydrogen-bond acceptors (Lipinski definition) is 4. The van der Waals surface area contributed by atoms with Crippen molar-refractivity contribution in [1.82, 2.24) is 15.0 Å². The Bertz CT molecular complexity index is 2540. The van der Waals surface area contributed by atoms with Gasteiger partial charge in [0.1, 0.15) is 11.2 Å². The molecule has 0 unspecified atom stereocenters. The Kier molecular flexibility index (Phi) is 7.10. The van der Waals surface area contributed by atoms with Crippen LogP contribution in [-0.2, 0) is 0 Å². The summed E-state index contributed by atoms with van der Waals surface area (Å²) in [6.45, 7) is 0. The van der Waals surface area contributed by atoms with Crippen LogP contribution in [0.25, 0.3) is 89.5 Å². The topological polar surface area (TPSA) is 51.8 Å². The molecule has 0 atom stereocenters. The van der Waals surface area contributed by atoms with Crippen molar-refractivity contribution >= 4 is 21.9 Å². The average molecular weight is 628 g/mol. The van der Waals surface area contributed by atoms with E-state index in [0.29, 0.717) is 17.5 Å². The maximum absolute atomic E-state index is 6.42. The lowest BCUT2D eigenvalue weighted by Gasteiger charge is -2.12. The highest BCUT2D eigenvalue weighted by Gasteiger charge is 2.18. The summed E-state index contributed by atoms with van der Waals surface area (Å²) in [6.07, 6.45) is 0. The van der Waals surface area contributed by atoms with E-state index in [1.807, 2.05) is 72.8 Å². The molecule has 0 spiro atoms. The molecule has 0 N–H and O–H groups in total. The van der Waals surface area contributed by atoms with Crippen molar-refractivity contribution < 1.29 is 4.42 Å². The second-order valence-electron chi connectivity index (χ2n) is 12.0. The van der Waals surface area contributed by atoms with Gasteiger partial charge in [-0.05, 0) is 57.6 Å². The third kappa shape index (κ3) is 5.35. The average Bonchev–Trinajstić information content (AvgIpc) is 3.57. The quantitative estimate of drug-likeness (QED) is 0.184. The number of benzene rings is 7. The molecule has 0 aliphatic rings. The van der Waals surface area contributed by atoms with Crippen LogP contribution in [0.15, 0.2) is 180 Å². The zero-order valence-corrected chi connectivity index (χ0v) is 26.5. The summed E-state index contributed by atoms with van der Waals surface area (Å²) in [4.78, 5) is 15.0. The summed E-state index contributed by atoms with van der Waals surface area (Å²) in [5.74, 6) is 1.86. The fraction of sp³-hybridized carbons (Fsp3) is 0. The normalized spacial score (nSPS) is 11.3. The lowest BCUT2D eigenvalue weighted by molar-refractivity contribution is 0.669. The summed E-state index contributed by atoms with van der Waals surface area (Å²) in [5.41, 5.74) is 11.4. The van der Waals surface area contributed by atoms with Gasteiger partial charge >= 0.3 is 0 Å².